The SMILES string of the molecule is CCCC[C@@H](C=C[C@@H]1OC(=O)C=C[C@@H]1O)OC(C)=O. The van der Waals surface area contributed by atoms with Gasteiger partial charge in [-0.1, -0.05) is 13.3 Å². The monoisotopic (exact) mass is 268 g/mol. The summed E-state index contributed by atoms with van der Waals surface area (Å²) in [6, 6.07) is 0. The molecule has 0 radical (unpaired) electrons. The Bertz CT molecular complexity index is 372. The third-order valence-corrected chi connectivity index (χ3v) is 2.69. The highest BCUT2D eigenvalue weighted by Gasteiger charge is 2.22. The van der Waals surface area contributed by atoms with Crippen molar-refractivity contribution in [3.63, 3.8) is 0 Å². The molecule has 0 saturated heterocycles. The zero-order valence-corrected chi connectivity index (χ0v) is 11.2. The van der Waals surface area contributed by atoms with Crippen LogP contribution in [-0.2, 0) is 19.1 Å². The molecule has 106 valence electrons. The molecule has 0 fully saturated rings. The van der Waals surface area contributed by atoms with Crippen molar-refractivity contribution in [2.75, 3.05) is 0 Å². The van der Waals surface area contributed by atoms with E-state index in [1.807, 2.05) is 6.92 Å². The molecule has 0 aromatic heterocycles. The number of unbranched alkanes of at least 4 members (excludes halogenated alkanes) is 1. The summed E-state index contributed by atoms with van der Waals surface area (Å²) in [7, 11) is 0. The van der Waals surface area contributed by atoms with E-state index >= 15 is 0 Å². The molecular formula is C14H20O5. The molecule has 0 aliphatic carbocycles. The minimum Gasteiger partial charge on any atom is -0.458 e. The molecule has 1 N–H and O–H groups in total. The Morgan fingerprint density at radius 2 is 2.37 bits per heavy atom. The zero-order chi connectivity index (χ0) is 14.3. The molecule has 19 heavy (non-hydrogen) atoms. The van der Waals surface area contributed by atoms with Crippen molar-refractivity contribution >= 4 is 11.9 Å². The van der Waals surface area contributed by atoms with Crippen molar-refractivity contribution in [2.45, 2.75) is 51.4 Å². The lowest BCUT2D eigenvalue weighted by Gasteiger charge is -2.21. The van der Waals surface area contributed by atoms with Gasteiger partial charge in [-0.3, -0.25) is 4.79 Å². The maximum absolute atomic E-state index is 11.1. The second-order valence-corrected chi connectivity index (χ2v) is 4.43. The summed E-state index contributed by atoms with van der Waals surface area (Å²) in [5.74, 6) is -0.843. The maximum atomic E-state index is 11.1. The largest absolute Gasteiger partial charge is 0.458 e. The molecule has 0 unspecified atom stereocenters. The second-order valence-electron chi connectivity index (χ2n) is 4.43. The van der Waals surface area contributed by atoms with Crippen molar-refractivity contribution in [1.29, 1.82) is 0 Å². The van der Waals surface area contributed by atoms with E-state index in [9.17, 15) is 14.7 Å². The molecule has 5 heteroatoms. The Hall–Kier alpha value is -1.62. The second kappa shape index (κ2) is 7.74. The van der Waals surface area contributed by atoms with E-state index in [1.165, 1.54) is 19.1 Å². The van der Waals surface area contributed by atoms with Crippen LogP contribution in [-0.4, -0.2) is 35.4 Å². The first-order chi connectivity index (χ1) is 9.02. The number of aliphatic hydroxyl groups is 1. The van der Waals surface area contributed by atoms with E-state index < -0.39 is 18.2 Å². The van der Waals surface area contributed by atoms with Crippen LogP contribution in [0, 0.1) is 0 Å². The number of rotatable bonds is 6. The summed E-state index contributed by atoms with van der Waals surface area (Å²) >= 11 is 0. The predicted molar refractivity (Wildman–Crippen MR) is 69.2 cm³/mol. The highest BCUT2D eigenvalue weighted by molar-refractivity contribution is 5.83. The van der Waals surface area contributed by atoms with Gasteiger partial charge in [0, 0.05) is 13.0 Å². The average molecular weight is 268 g/mol. The summed E-state index contributed by atoms with van der Waals surface area (Å²) < 4.78 is 10.1. The smallest absolute Gasteiger partial charge is 0.331 e. The highest BCUT2D eigenvalue weighted by Crippen LogP contribution is 2.13. The molecule has 3 atom stereocenters. The van der Waals surface area contributed by atoms with Gasteiger partial charge in [-0.05, 0) is 31.1 Å². The zero-order valence-electron chi connectivity index (χ0n) is 11.2. The van der Waals surface area contributed by atoms with Gasteiger partial charge in [0.2, 0.25) is 0 Å². The topological polar surface area (TPSA) is 72.8 Å². The van der Waals surface area contributed by atoms with Gasteiger partial charge in [0.25, 0.3) is 0 Å². The van der Waals surface area contributed by atoms with E-state index in [1.54, 1.807) is 12.2 Å². The molecule has 0 spiro atoms. The molecule has 0 bridgehead atoms. The first kappa shape index (κ1) is 15.4. The van der Waals surface area contributed by atoms with Crippen LogP contribution in [0.15, 0.2) is 24.3 Å². The van der Waals surface area contributed by atoms with Crippen molar-refractivity contribution in [3.05, 3.63) is 24.3 Å². The van der Waals surface area contributed by atoms with Gasteiger partial charge >= 0.3 is 11.9 Å². The van der Waals surface area contributed by atoms with Gasteiger partial charge in [0.1, 0.15) is 18.3 Å². The van der Waals surface area contributed by atoms with Crippen molar-refractivity contribution in [3.8, 4) is 0 Å². The number of esters is 2. The molecule has 1 aliphatic rings. The minimum absolute atomic E-state index is 0.353. The van der Waals surface area contributed by atoms with E-state index in [-0.39, 0.29) is 12.1 Å². The number of ether oxygens (including phenoxy) is 2. The van der Waals surface area contributed by atoms with Gasteiger partial charge in [-0.15, -0.1) is 0 Å². The molecular weight excluding hydrogens is 248 g/mol. The molecule has 0 aromatic rings. The molecule has 1 rings (SSSR count). The summed E-state index contributed by atoms with van der Waals surface area (Å²) in [5.41, 5.74) is 0. The van der Waals surface area contributed by atoms with E-state index in [0.717, 1.165) is 12.8 Å². The summed E-state index contributed by atoms with van der Waals surface area (Å²) in [6.07, 6.45) is 6.49. The first-order valence-corrected chi connectivity index (χ1v) is 6.45. The molecule has 1 aliphatic heterocycles. The quantitative estimate of drug-likeness (QED) is 0.584. The lowest BCUT2D eigenvalue weighted by molar-refractivity contribution is -0.147. The number of hydrogen-bond acceptors (Lipinski definition) is 5. The van der Waals surface area contributed by atoms with E-state index in [2.05, 4.69) is 0 Å². The van der Waals surface area contributed by atoms with Crippen LogP contribution in [0.2, 0.25) is 0 Å². The number of aliphatic hydroxyl groups excluding tert-OH is 1. The normalized spacial score (nSPS) is 24.3. The maximum Gasteiger partial charge on any atom is 0.331 e. The van der Waals surface area contributed by atoms with Crippen LogP contribution in [0.5, 0.6) is 0 Å². The van der Waals surface area contributed by atoms with Gasteiger partial charge in [-0.25, -0.2) is 4.79 Å². The van der Waals surface area contributed by atoms with Crippen LogP contribution < -0.4 is 0 Å². The Labute approximate surface area is 112 Å². The van der Waals surface area contributed by atoms with Crippen LogP contribution in [0.4, 0.5) is 0 Å². The standard InChI is InChI=1S/C14H20O5/c1-3-4-5-11(18-10(2)15)6-8-13-12(16)7-9-14(17)19-13/h6-9,11-13,16H,3-5H2,1-2H3/t11-,12-,13-/m0/s1. The van der Waals surface area contributed by atoms with Gasteiger partial charge in [0.05, 0.1) is 0 Å². The van der Waals surface area contributed by atoms with Crippen LogP contribution in [0.25, 0.3) is 0 Å². The van der Waals surface area contributed by atoms with Crippen LogP contribution in [0.1, 0.15) is 33.1 Å². The predicted octanol–water partition coefficient (Wildman–Crippen LogP) is 1.51. The third kappa shape index (κ3) is 5.70. The average Bonchev–Trinajstić information content (AvgIpc) is 2.36. The number of hydrogen-bond donors (Lipinski definition) is 1. The van der Waals surface area contributed by atoms with Crippen molar-refractivity contribution < 1.29 is 24.2 Å². The first-order valence-electron chi connectivity index (χ1n) is 6.45. The van der Waals surface area contributed by atoms with Crippen molar-refractivity contribution in [2.24, 2.45) is 0 Å². The van der Waals surface area contributed by atoms with Crippen LogP contribution >= 0.6 is 0 Å². The van der Waals surface area contributed by atoms with Crippen LogP contribution in [0.3, 0.4) is 0 Å². The van der Waals surface area contributed by atoms with Gasteiger partial charge < -0.3 is 14.6 Å². The number of carbonyl (C=O) groups excluding carboxylic acids is 2. The Morgan fingerprint density at radius 3 is 3.00 bits per heavy atom. The molecule has 0 aromatic carbocycles. The fourth-order valence-electron chi connectivity index (χ4n) is 1.73. The number of cyclic esters (lactones) is 1. The van der Waals surface area contributed by atoms with Crippen molar-refractivity contribution in [1.82, 2.24) is 0 Å². The van der Waals surface area contributed by atoms with E-state index in [4.69, 9.17) is 9.47 Å². The Balaban J connectivity index is 2.60. The Kier molecular flexibility index (Phi) is 6.29. The fraction of sp³-hybridized carbons (Fsp3) is 0.571. The minimum atomic E-state index is -0.863. The lowest BCUT2D eigenvalue weighted by Crippen LogP contribution is -2.31. The molecule has 5 nitrogen and oxygen atoms in total. The number of carbonyl (C=O) groups is 2. The molecule has 0 saturated carbocycles. The Morgan fingerprint density at radius 1 is 1.63 bits per heavy atom. The van der Waals surface area contributed by atoms with E-state index in [0.29, 0.717) is 6.42 Å². The highest BCUT2D eigenvalue weighted by atomic mass is 16.6. The fourth-order valence-corrected chi connectivity index (χ4v) is 1.73. The van der Waals surface area contributed by atoms with Gasteiger partial charge in [0.15, 0.2) is 0 Å². The summed E-state index contributed by atoms with van der Waals surface area (Å²) in [6.45, 7) is 3.40. The molecule has 1 heterocycles. The van der Waals surface area contributed by atoms with Gasteiger partial charge in [-0.2, -0.15) is 0 Å². The molecule has 0 amide bonds. The summed E-state index contributed by atoms with van der Waals surface area (Å²) in [4.78, 5) is 22.1. The summed E-state index contributed by atoms with van der Waals surface area (Å²) in [5, 5.41) is 9.63. The lowest BCUT2D eigenvalue weighted by atomic mass is 10.1. The third-order valence-electron chi connectivity index (χ3n) is 2.69.